The van der Waals surface area contributed by atoms with Gasteiger partial charge in [0.05, 0.1) is 31.0 Å². The van der Waals surface area contributed by atoms with E-state index >= 15 is 0 Å². The molecule has 0 fully saturated rings. The van der Waals surface area contributed by atoms with E-state index in [4.69, 9.17) is 11.6 Å². The molecular weight excluding hydrogens is 386 g/mol. The van der Waals surface area contributed by atoms with E-state index in [9.17, 15) is 4.79 Å². The van der Waals surface area contributed by atoms with Crippen LogP contribution in [0.3, 0.4) is 0 Å². The fourth-order valence-corrected chi connectivity index (χ4v) is 3.67. The molecule has 0 radical (unpaired) electrons. The molecule has 3 aromatic rings. The molecule has 22 heavy (non-hydrogen) atoms. The van der Waals surface area contributed by atoms with Crippen LogP contribution in [0.1, 0.15) is 21.6 Å². The highest BCUT2D eigenvalue weighted by Crippen LogP contribution is 2.31. The highest BCUT2D eigenvalue weighted by atomic mass is 79.9. The molecular formula is C15H11BrClN3OS. The maximum absolute atomic E-state index is 12.4. The first-order chi connectivity index (χ1) is 10.5. The fraction of sp³-hybridized carbons (Fsp3) is 0.133. The van der Waals surface area contributed by atoms with Gasteiger partial charge in [-0.05, 0) is 41.4 Å². The first kappa shape index (κ1) is 15.4. The third-order valence-corrected chi connectivity index (χ3v) is 5.67. The number of thiazole rings is 1. The molecule has 1 aromatic carbocycles. The van der Waals surface area contributed by atoms with Crippen LogP contribution in [-0.4, -0.2) is 15.9 Å². The van der Waals surface area contributed by atoms with Crippen LogP contribution in [0, 0.1) is 13.8 Å². The number of carbonyl (C=O) groups excluding carboxylic acids is 1. The average Bonchev–Trinajstić information content (AvgIpc) is 2.88. The topological polar surface area (TPSA) is 54.9 Å². The third-order valence-electron chi connectivity index (χ3n) is 3.22. The molecule has 0 aliphatic carbocycles. The van der Waals surface area contributed by atoms with Gasteiger partial charge in [0.15, 0.2) is 5.13 Å². The summed E-state index contributed by atoms with van der Waals surface area (Å²) < 4.78 is 1.57. The van der Waals surface area contributed by atoms with Gasteiger partial charge in [-0.2, -0.15) is 0 Å². The van der Waals surface area contributed by atoms with Gasteiger partial charge < -0.3 is 0 Å². The van der Waals surface area contributed by atoms with E-state index in [1.165, 1.54) is 17.5 Å². The number of halogens is 2. The number of benzene rings is 1. The molecule has 0 bridgehead atoms. The molecule has 4 nitrogen and oxygen atoms in total. The standard InChI is InChI=1S/C15H11BrClN3OS/c1-7-4-3-5-10-13(7)19-15(22-10)20-14(21)9-6-18-8(2)12(17)11(9)16/h3-6H,1-2H3,(H,19,20,21). The lowest BCUT2D eigenvalue weighted by Gasteiger charge is -2.06. The van der Waals surface area contributed by atoms with Crippen molar-refractivity contribution < 1.29 is 4.79 Å². The molecule has 7 heteroatoms. The molecule has 0 unspecified atom stereocenters. The number of amides is 1. The second-order valence-corrected chi connectivity index (χ2v) is 6.98. The summed E-state index contributed by atoms with van der Waals surface area (Å²) in [5, 5.41) is 3.79. The Hall–Kier alpha value is -1.50. The number of pyridine rings is 1. The number of nitrogens with one attached hydrogen (secondary N) is 1. The fourth-order valence-electron chi connectivity index (χ4n) is 2.01. The summed E-state index contributed by atoms with van der Waals surface area (Å²) in [5.41, 5.74) is 3.03. The minimum absolute atomic E-state index is 0.294. The van der Waals surface area contributed by atoms with E-state index in [0.29, 0.717) is 25.9 Å². The van der Waals surface area contributed by atoms with Gasteiger partial charge in [-0.15, -0.1) is 0 Å². The van der Waals surface area contributed by atoms with Crippen LogP contribution >= 0.6 is 38.9 Å². The van der Waals surface area contributed by atoms with Crippen molar-refractivity contribution in [2.24, 2.45) is 0 Å². The predicted octanol–water partition coefficient (Wildman–Crippen LogP) is 4.98. The van der Waals surface area contributed by atoms with E-state index in [1.807, 2.05) is 25.1 Å². The highest BCUT2D eigenvalue weighted by Gasteiger charge is 2.17. The monoisotopic (exact) mass is 395 g/mol. The maximum atomic E-state index is 12.4. The molecule has 0 aliphatic heterocycles. The van der Waals surface area contributed by atoms with Gasteiger partial charge in [0.25, 0.3) is 5.91 Å². The molecule has 1 N–H and O–H groups in total. The number of hydrogen-bond donors (Lipinski definition) is 1. The van der Waals surface area contributed by atoms with Gasteiger partial charge >= 0.3 is 0 Å². The number of anilines is 1. The van der Waals surface area contributed by atoms with E-state index in [2.05, 4.69) is 31.2 Å². The van der Waals surface area contributed by atoms with Crippen LogP contribution in [0.2, 0.25) is 5.02 Å². The number of para-hydroxylation sites is 1. The smallest absolute Gasteiger partial charge is 0.260 e. The van der Waals surface area contributed by atoms with Gasteiger partial charge in [0.2, 0.25) is 0 Å². The lowest BCUT2D eigenvalue weighted by molar-refractivity contribution is 0.102. The van der Waals surface area contributed by atoms with E-state index < -0.39 is 0 Å². The van der Waals surface area contributed by atoms with Gasteiger partial charge in [-0.25, -0.2) is 4.98 Å². The number of aryl methyl sites for hydroxylation is 2. The maximum Gasteiger partial charge on any atom is 0.260 e. The largest absolute Gasteiger partial charge is 0.298 e. The van der Waals surface area contributed by atoms with Gasteiger partial charge in [-0.1, -0.05) is 35.1 Å². The molecule has 0 spiro atoms. The zero-order valence-electron chi connectivity index (χ0n) is 11.8. The molecule has 112 valence electrons. The Morgan fingerprint density at radius 3 is 2.86 bits per heavy atom. The molecule has 0 saturated carbocycles. The van der Waals surface area contributed by atoms with Crippen LogP contribution in [0.4, 0.5) is 5.13 Å². The molecule has 3 rings (SSSR count). The quantitative estimate of drug-likeness (QED) is 0.665. The molecule has 1 amide bonds. The van der Waals surface area contributed by atoms with Crippen LogP contribution in [0.15, 0.2) is 28.9 Å². The average molecular weight is 397 g/mol. The summed E-state index contributed by atoms with van der Waals surface area (Å²) >= 11 is 10.9. The SMILES string of the molecule is Cc1ncc(C(=O)Nc2nc3c(C)cccc3s2)c(Br)c1Cl. The van der Waals surface area contributed by atoms with Gasteiger partial charge in [0, 0.05) is 6.20 Å². The number of fused-ring (bicyclic) bond motifs is 1. The minimum atomic E-state index is -0.294. The van der Waals surface area contributed by atoms with Crippen molar-refractivity contribution in [3.05, 3.63) is 50.7 Å². The lowest BCUT2D eigenvalue weighted by Crippen LogP contribution is -2.13. The van der Waals surface area contributed by atoms with Crippen molar-refractivity contribution in [1.29, 1.82) is 0 Å². The molecule has 0 aliphatic rings. The Bertz CT molecular complexity index is 894. The number of nitrogens with zero attached hydrogens (tertiary/aromatic N) is 2. The lowest BCUT2D eigenvalue weighted by atomic mass is 10.2. The summed E-state index contributed by atoms with van der Waals surface area (Å²) in [6.45, 7) is 3.78. The predicted molar refractivity (Wildman–Crippen MR) is 94.0 cm³/mol. The second-order valence-electron chi connectivity index (χ2n) is 4.78. The minimum Gasteiger partial charge on any atom is -0.298 e. The number of carbonyl (C=O) groups is 1. The summed E-state index contributed by atoms with van der Waals surface area (Å²) in [4.78, 5) is 21.0. The zero-order chi connectivity index (χ0) is 15.9. The van der Waals surface area contributed by atoms with Crippen molar-refractivity contribution in [1.82, 2.24) is 9.97 Å². The Morgan fingerprint density at radius 1 is 1.36 bits per heavy atom. The Kier molecular flexibility index (Phi) is 4.16. The first-order valence-electron chi connectivity index (χ1n) is 6.45. The van der Waals surface area contributed by atoms with Crippen LogP contribution < -0.4 is 5.32 Å². The van der Waals surface area contributed by atoms with Crippen LogP contribution in [-0.2, 0) is 0 Å². The Balaban J connectivity index is 1.93. The summed E-state index contributed by atoms with van der Waals surface area (Å²) in [6.07, 6.45) is 1.50. The van der Waals surface area contributed by atoms with Crippen LogP contribution in [0.25, 0.3) is 10.2 Å². The van der Waals surface area contributed by atoms with Gasteiger partial charge in [0.1, 0.15) is 0 Å². The number of rotatable bonds is 2. The molecule has 2 aromatic heterocycles. The Labute approximate surface area is 144 Å². The summed E-state index contributed by atoms with van der Waals surface area (Å²) in [6, 6.07) is 5.95. The second kappa shape index (κ2) is 5.95. The third kappa shape index (κ3) is 2.74. The highest BCUT2D eigenvalue weighted by molar-refractivity contribution is 9.10. The first-order valence-corrected chi connectivity index (χ1v) is 8.44. The van der Waals surface area contributed by atoms with Gasteiger partial charge in [-0.3, -0.25) is 15.1 Å². The van der Waals surface area contributed by atoms with E-state index in [-0.39, 0.29) is 5.91 Å². The molecule has 2 heterocycles. The normalized spacial score (nSPS) is 10.9. The molecule has 0 atom stereocenters. The van der Waals surface area contributed by atoms with Crippen molar-refractivity contribution in [2.45, 2.75) is 13.8 Å². The summed E-state index contributed by atoms with van der Waals surface area (Å²) in [5.74, 6) is -0.294. The van der Waals surface area contributed by atoms with Crippen molar-refractivity contribution in [3.8, 4) is 0 Å². The number of hydrogen-bond acceptors (Lipinski definition) is 4. The van der Waals surface area contributed by atoms with Crippen molar-refractivity contribution in [2.75, 3.05) is 5.32 Å². The molecule has 0 saturated heterocycles. The zero-order valence-corrected chi connectivity index (χ0v) is 14.9. The van der Waals surface area contributed by atoms with Crippen molar-refractivity contribution in [3.63, 3.8) is 0 Å². The van der Waals surface area contributed by atoms with E-state index in [0.717, 1.165) is 15.8 Å². The van der Waals surface area contributed by atoms with Crippen LogP contribution in [0.5, 0.6) is 0 Å². The number of aromatic nitrogens is 2. The Morgan fingerprint density at radius 2 is 2.14 bits per heavy atom. The van der Waals surface area contributed by atoms with E-state index in [1.54, 1.807) is 6.92 Å². The summed E-state index contributed by atoms with van der Waals surface area (Å²) in [7, 11) is 0. The van der Waals surface area contributed by atoms with Crippen molar-refractivity contribution >= 4 is 60.1 Å².